The molecule has 1 amide bonds. The van der Waals surface area contributed by atoms with Crippen molar-refractivity contribution >= 4 is 23.3 Å². The minimum atomic E-state index is -0.400. The summed E-state index contributed by atoms with van der Waals surface area (Å²) in [4.78, 5) is 16.2. The van der Waals surface area contributed by atoms with Crippen molar-refractivity contribution < 1.29 is 14.1 Å². The quantitative estimate of drug-likeness (QED) is 0.775. The predicted molar refractivity (Wildman–Crippen MR) is 90.4 cm³/mol. The van der Waals surface area contributed by atoms with Gasteiger partial charge in [-0.05, 0) is 36.8 Å². The summed E-state index contributed by atoms with van der Waals surface area (Å²) in [6.07, 6.45) is 1.65. The highest BCUT2D eigenvalue weighted by Crippen LogP contribution is 2.30. The van der Waals surface area contributed by atoms with E-state index in [1.54, 1.807) is 44.5 Å². The highest BCUT2D eigenvalue weighted by molar-refractivity contribution is 6.32. The van der Waals surface area contributed by atoms with Gasteiger partial charge in [-0.3, -0.25) is 4.79 Å². The molecule has 0 fully saturated rings. The van der Waals surface area contributed by atoms with Gasteiger partial charge in [0, 0.05) is 17.8 Å². The van der Waals surface area contributed by atoms with E-state index in [4.69, 9.17) is 20.9 Å². The van der Waals surface area contributed by atoms with E-state index in [-0.39, 0.29) is 5.76 Å². The number of aromatic nitrogens is 2. The number of anilines is 1. The summed E-state index contributed by atoms with van der Waals surface area (Å²) in [6, 6.07) is 10.6. The van der Waals surface area contributed by atoms with E-state index < -0.39 is 5.91 Å². The molecule has 6 nitrogen and oxygen atoms in total. The topological polar surface area (TPSA) is 77.2 Å². The van der Waals surface area contributed by atoms with E-state index in [2.05, 4.69) is 15.5 Å². The molecular formula is C17H14ClN3O3. The molecule has 3 aromatic rings. The van der Waals surface area contributed by atoms with Gasteiger partial charge in [-0.25, -0.2) is 4.98 Å². The molecule has 0 aliphatic carbocycles. The standard InChI is InChI=1S/C17H14ClN3O3/c1-10-7-15(24-21-10)17(22)20-16-6-4-12(9-19-16)11-3-5-14(23-2)13(18)8-11/h3-9H,1-2H3,(H,19,20,22). The van der Waals surface area contributed by atoms with Crippen LogP contribution in [0.4, 0.5) is 5.82 Å². The Morgan fingerprint density at radius 2 is 2.00 bits per heavy atom. The number of aryl methyl sites for hydroxylation is 1. The van der Waals surface area contributed by atoms with Gasteiger partial charge in [0.15, 0.2) is 0 Å². The Labute approximate surface area is 143 Å². The van der Waals surface area contributed by atoms with E-state index >= 15 is 0 Å². The molecule has 0 aliphatic heterocycles. The summed E-state index contributed by atoms with van der Waals surface area (Å²) in [5, 5.41) is 6.85. The van der Waals surface area contributed by atoms with Crippen LogP contribution in [0.2, 0.25) is 5.02 Å². The number of amides is 1. The summed E-state index contributed by atoms with van der Waals surface area (Å²) >= 11 is 6.13. The fourth-order valence-electron chi connectivity index (χ4n) is 2.13. The zero-order valence-electron chi connectivity index (χ0n) is 13.0. The number of carbonyl (C=O) groups is 1. The molecule has 122 valence electrons. The van der Waals surface area contributed by atoms with Gasteiger partial charge in [0.1, 0.15) is 11.6 Å². The monoisotopic (exact) mass is 343 g/mol. The van der Waals surface area contributed by atoms with Crippen molar-refractivity contribution in [1.82, 2.24) is 10.1 Å². The van der Waals surface area contributed by atoms with Gasteiger partial charge in [0.25, 0.3) is 5.91 Å². The number of benzene rings is 1. The van der Waals surface area contributed by atoms with Gasteiger partial charge in [-0.2, -0.15) is 0 Å². The van der Waals surface area contributed by atoms with E-state index in [9.17, 15) is 4.79 Å². The largest absolute Gasteiger partial charge is 0.495 e. The van der Waals surface area contributed by atoms with Gasteiger partial charge in [-0.15, -0.1) is 0 Å². The van der Waals surface area contributed by atoms with Crippen LogP contribution in [0, 0.1) is 6.92 Å². The average molecular weight is 344 g/mol. The summed E-state index contributed by atoms with van der Waals surface area (Å²) < 4.78 is 10.0. The Kier molecular flexibility index (Phi) is 4.48. The normalized spacial score (nSPS) is 10.5. The van der Waals surface area contributed by atoms with Gasteiger partial charge < -0.3 is 14.6 Å². The third kappa shape index (κ3) is 3.38. The van der Waals surface area contributed by atoms with Crippen molar-refractivity contribution in [2.75, 3.05) is 12.4 Å². The second-order valence-electron chi connectivity index (χ2n) is 5.07. The van der Waals surface area contributed by atoms with Crippen molar-refractivity contribution in [1.29, 1.82) is 0 Å². The third-order valence-electron chi connectivity index (χ3n) is 3.34. The first-order valence-electron chi connectivity index (χ1n) is 7.11. The maximum atomic E-state index is 12.0. The fourth-order valence-corrected chi connectivity index (χ4v) is 2.39. The van der Waals surface area contributed by atoms with Crippen molar-refractivity contribution in [2.45, 2.75) is 6.92 Å². The fraction of sp³-hybridized carbons (Fsp3) is 0.118. The smallest absolute Gasteiger partial charge is 0.295 e. The van der Waals surface area contributed by atoms with Crippen LogP contribution in [0.1, 0.15) is 16.2 Å². The number of rotatable bonds is 4. The molecule has 0 aliphatic rings. The Morgan fingerprint density at radius 1 is 1.21 bits per heavy atom. The molecule has 2 aromatic heterocycles. The first-order valence-corrected chi connectivity index (χ1v) is 7.49. The van der Waals surface area contributed by atoms with Crippen molar-refractivity contribution in [3.8, 4) is 16.9 Å². The van der Waals surface area contributed by atoms with Crippen LogP contribution < -0.4 is 10.1 Å². The Hall–Kier alpha value is -2.86. The van der Waals surface area contributed by atoms with Crippen LogP contribution in [0.25, 0.3) is 11.1 Å². The first kappa shape index (κ1) is 16.0. The molecular weight excluding hydrogens is 330 g/mol. The summed E-state index contributed by atoms with van der Waals surface area (Å²) in [7, 11) is 1.57. The molecule has 1 aromatic carbocycles. The second-order valence-corrected chi connectivity index (χ2v) is 5.48. The molecule has 0 saturated heterocycles. The number of ether oxygens (including phenoxy) is 1. The maximum Gasteiger partial charge on any atom is 0.295 e. The molecule has 0 spiro atoms. The summed E-state index contributed by atoms with van der Waals surface area (Å²) in [5.74, 6) is 0.765. The van der Waals surface area contributed by atoms with Gasteiger partial charge in [0.05, 0.1) is 17.8 Å². The molecule has 0 bridgehead atoms. The molecule has 0 atom stereocenters. The maximum absolute atomic E-state index is 12.0. The van der Waals surface area contributed by atoms with E-state index in [1.165, 1.54) is 0 Å². The lowest BCUT2D eigenvalue weighted by Gasteiger charge is -2.07. The lowest BCUT2D eigenvalue weighted by atomic mass is 10.1. The number of nitrogens with one attached hydrogen (secondary N) is 1. The Bertz CT molecular complexity index is 875. The molecule has 24 heavy (non-hydrogen) atoms. The summed E-state index contributed by atoms with van der Waals surface area (Å²) in [5.41, 5.74) is 2.41. The van der Waals surface area contributed by atoms with Gasteiger partial charge in [0.2, 0.25) is 5.76 Å². The lowest BCUT2D eigenvalue weighted by molar-refractivity contribution is 0.0987. The van der Waals surface area contributed by atoms with E-state index in [0.29, 0.717) is 22.3 Å². The molecule has 3 rings (SSSR count). The number of hydrogen-bond acceptors (Lipinski definition) is 5. The number of carbonyl (C=O) groups excluding carboxylic acids is 1. The number of hydrogen-bond donors (Lipinski definition) is 1. The van der Waals surface area contributed by atoms with E-state index in [0.717, 1.165) is 11.1 Å². The highest BCUT2D eigenvalue weighted by Gasteiger charge is 2.12. The van der Waals surface area contributed by atoms with Crippen LogP contribution in [0.15, 0.2) is 47.1 Å². The SMILES string of the molecule is COc1ccc(-c2ccc(NC(=O)c3cc(C)no3)nc2)cc1Cl. The average Bonchev–Trinajstić information content (AvgIpc) is 3.02. The number of nitrogens with zero attached hydrogens (tertiary/aromatic N) is 2. The molecule has 7 heteroatoms. The number of pyridine rings is 1. The van der Waals surface area contributed by atoms with Crippen LogP contribution in [0.5, 0.6) is 5.75 Å². The molecule has 0 unspecified atom stereocenters. The van der Waals surface area contributed by atoms with Crippen LogP contribution >= 0.6 is 11.6 Å². The Morgan fingerprint density at radius 3 is 2.58 bits per heavy atom. The zero-order chi connectivity index (χ0) is 17.1. The number of methoxy groups -OCH3 is 1. The van der Waals surface area contributed by atoms with Crippen molar-refractivity contribution in [3.05, 3.63) is 59.1 Å². The van der Waals surface area contributed by atoms with Crippen molar-refractivity contribution in [3.63, 3.8) is 0 Å². The molecule has 1 N–H and O–H groups in total. The Balaban J connectivity index is 1.75. The zero-order valence-corrected chi connectivity index (χ0v) is 13.8. The van der Waals surface area contributed by atoms with Crippen molar-refractivity contribution in [2.24, 2.45) is 0 Å². The minimum Gasteiger partial charge on any atom is -0.495 e. The van der Waals surface area contributed by atoms with Gasteiger partial charge >= 0.3 is 0 Å². The van der Waals surface area contributed by atoms with Crippen LogP contribution in [-0.4, -0.2) is 23.2 Å². The van der Waals surface area contributed by atoms with Gasteiger partial charge in [-0.1, -0.05) is 22.8 Å². The minimum absolute atomic E-state index is 0.139. The highest BCUT2D eigenvalue weighted by atomic mass is 35.5. The third-order valence-corrected chi connectivity index (χ3v) is 3.64. The first-order chi connectivity index (χ1) is 11.6. The van der Waals surface area contributed by atoms with Crippen LogP contribution in [0.3, 0.4) is 0 Å². The predicted octanol–water partition coefficient (Wildman–Crippen LogP) is 3.96. The summed E-state index contributed by atoms with van der Waals surface area (Å²) in [6.45, 7) is 1.74. The second kappa shape index (κ2) is 6.72. The molecule has 2 heterocycles. The number of halogens is 1. The molecule has 0 radical (unpaired) electrons. The van der Waals surface area contributed by atoms with Crippen LogP contribution in [-0.2, 0) is 0 Å². The molecule has 0 saturated carbocycles. The van der Waals surface area contributed by atoms with E-state index in [1.807, 2.05) is 12.1 Å². The lowest BCUT2D eigenvalue weighted by Crippen LogP contribution is -2.11.